The van der Waals surface area contributed by atoms with Crippen molar-refractivity contribution in [2.75, 3.05) is 0 Å². The van der Waals surface area contributed by atoms with Crippen molar-refractivity contribution in [3.05, 3.63) is 42.0 Å². The lowest BCUT2D eigenvalue weighted by Crippen LogP contribution is -1.80. The molecule has 0 N–H and O–H groups in total. The van der Waals surface area contributed by atoms with Crippen molar-refractivity contribution in [3.8, 4) is 0 Å². The van der Waals surface area contributed by atoms with Gasteiger partial charge in [0.1, 0.15) is 6.29 Å². The molecule has 0 fully saturated rings. The summed E-state index contributed by atoms with van der Waals surface area (Å²) in [6.45, 7) is 5.73. The Morgan fingerprint density at radius 2 is 1.83 bits per heavy atom. The summed E-state index contributed by atoms with van der Waals surface area (Å²) >= 11 is 0. The number of carbonyl (C=O) groups is 1. The molecule has 12 heavy (non-hydrogen) atoms. The third-order valence-corrected chi connectivity index (χ3v) is 1.54. The number of rotatable bonds is 2. The third-order valence-electron chi connectivity index (χ3n) is 1.54. The molecule has 0 saturated carbocycles. The minimum atomic E-state index is 0. The number of benzene rings is 1. The van der Waals surface area contributed by atoms with E-state index in [1.54, 1.807) is 12.1 Å². The Balaban J connectivity index is 0.00000121. The van der Waals surface area contributed by atoms with Crippen molar-refractivity contribution in [3.63, 3.8) is 0 Å². The average Bonchev–Trinajstić information content (AvgIpc) is 2.05. The summed E-state index contributed by atoms with van der Waals surface area (Å²) in [5.41, 5.74) is 2.80. The molecule has 1 nitrogen and oxygen atoms in total. The number of hydrogen-bond donors (Lipinski definition) is 0. The van der Waals surface area contributed by atoms with Gasteiger partial charge in [0.25, 0.3) is 0 Å². The van der Waals surface area contributed by atoms with Gasteiger partial charge in [0.2, 0.25) is 0 Å². The predicted octanol–water partition coefficient (Wildman–Crippen LogP) is 3.17. The van der Waals surface area contributed by atoms with Crippen molar-refractivity contribution >= 4 is 11.9 Å². The van der Waals surface area contributed by atoms with Crippen LogP contribution in [0, 0.1) is 0 Å². The van der Waals surface area contributed by atoms with Crippen LogP contribution in [0.1, 0.15) is 30.3 Å². The molecule has 0 aromatic heterocycles. The highest BCUT2D eigenvalue weighted by Crippen LogP contribution is 2.10. The predicted molar refractivity (Wildman–Crippen MR) is 53.3 cm³/mol. The molecule has 0 radical (unpaired) electrons. The van der Waals surface area contributed by atoms with E-state index >= 15 is 0 Å². The van der Waals surface area contributed by atoms with Crippen LogP contribution in [-0.2, 0) is 0 Å². The summed E-state index contributed by atoms with van der Waals surface area (Å²) in [5.74, 6) is 0. The lowest BCUT2D eigenvalue weighted by Gasteiger charge is -1.97. The Hall–Kier alpha value is -1.37. The summed E-state index contributed by atoms with van der Waals surface area (Å²) in [6, 6.07) is 7.37. The molecule has 1 rings (SSSR count). The van der Waals surface area contributed by atoms with Gasteiger partial charge in [-0.2, -0.15) is 0 Å². The molecule has 64 valence electrons. The number of allylic oxidation sites excluding steroid dienone is 1. The Labute approximate surface area is 73.7 Å². The van der Waals surface area contributed by atoms with Crippen LogP contribution in [0.5, 0.6) is 0 Å². The molecule has 0 spiro atoms. The van der Waals surface area contributed by atoms with Gasteiger partial charge >= 0.3 is 0 Å². The monoisotopic (exact) mass is 162 g/mol. The second-order valence-corrected chi connectivity index (χ2v) is 2.52. The Bertz CT molecular complexity index is 270. The van der Waals surface area contributed by atoms with Gasteiger partial charge in [0.05, 0.1) is 0 Å². The first-order valence-electron chi connectivity index (χ1n) is 3.45. The van der Waals surface area contributed by atoms with Gasteiger partial charge in [-0.1, -0.05) is 43.8 Å². The lowest BCUT2D eigenvalue weighted by atomic mass is 10.1. The van der Waals surface area contributed by atoms with Gasteiger partial charge in [0, 0.05) is 5.56 Å². The highest BCUT2D eigenvalue weighted by molar-refractivity contribution is 5.76. The topological polar surface area (TPSA) is 17.1 Å². The zero-order valence-electron chi connectivity index (χ0n) is 6.50. The highest BCUT2D eigenvalue weighted by atomic mass is 16.1. The summed E-state index contributed by atoms with van der Waals surface area (Å²) in [6.07, 6.45) is 0.836. The van der Waals surface area contributed by atoms with Gasteiger partial charge in [-0.25, -0.2) is 0 Å². The molecule has 0 atom stereocenters. The maximum Gasteiger partial charge on any atom is 0.150 e. The summed E-state index contributed by atoms with van der Waals surface area (Å²) in [7, 11) is 0. The quantitative estimate of drug-likeness (QED) is 0.610. The van der Waals surface area contributed by atoms with Crippen LogP contribution in [0.4, 0.5) is 0 Å². The van der Waals surface area contributed by atoms with Crippen molar-refractivity contribution in [1.82, 2.24) is 0 Å². The van der Waals surface area contributed by atoms with E-state index < -0.39 is 0 Å². The third kappa shape index (κ3) is 2.35. The molecule has 1 aromatic rings. The summed E-state index contributed by atoms with van der Waals surface area (Å²) in [4.78, 5) is 10.3. The molecule has 0 unspecified atom stereocenters. The second kappa shape index (κ2) is 4.50. The molecule has 0 heterocycles. The fourth-order valence-corrected chi connectivity index (χ4v) is 0.846. The minimum absolute atomic E-state index is 0. The first kappa shape index (κ1) is 10.6. The Morgan fingerprint density at radius 1 is 1.33 bits per heavy atom. The van der Waals surface area contributed by atoms with Crippen LogP contribution in [0.25, 0.3) is 5.57 Å². The second-order valence-electron chi connectivity index (χ2n) is 2.52. The van der Waals surface area contributed by atoms with E-state index in [1.807, 2.05) is 19.1 Å². The Kier molecular flexibility index (Phi) is 3.98. The molecule has 0 bridgehead atoms. The molecule has 1 aromatic carbocycles. The van der Waals surface area contributed by atoms with Gasteiger partial charge in [-0.3, -0.25) is 4.79 Å². The fraction of sp³-hybridized carbons (Fsp3) is 0.182. The molecule has 0 saturated heterocycles. The maximum absolute atomic E-state index is 10.3. The van der Waals surface area contributed by atoms with E-state index in [-0.39, 0.29) is 7.43 Å². The molecule has 0 aliphatic rings. The molecular formula is C11H14O. The van der Waals surface area contributed by atoms with E-state index in [1.165, 1.54) is 0 Å². The van der Waals surface area contributed by atoms with Crippen molar-refractivity contribution in [2.45, 2.75) is 14.4 Å². The average molecular weight is 162 g/mol. The number of hydrogen-bond acceptors (Lipinski definition) is 1. The van der Waals surface area contributed by atoms with Gasteiger partial charge in [-0.05, 0) is 12.5 Å². The minimum Gasteiger partial charge on any atom is -0.298 e. The van der Waals surface area contributed by atoms with Gasteiger partial charge < -0.3 is 0 Å². The van der Waals surface area contributed by atoms with Crippen LogP contribution in [-0.4, -0.2) is 6.29 Å². The highest BCUT2D eigenvalue weighted by Gasteiger charge is 1.92. The van der Waals surface area contributed by atoms with E-state index in [0.29, 0.717) is 5.56 Å². The smallest absolute Gasteiger partial charge is 0.150 e. The van der Waals surface area contributed by atoms with E-state index in [0.717, 1.165) is 17.4 Å². The standard InChI is InChI=1S/C10H10O.CH4/c1-8(2)10-5-3-9(7-11)4-6-10;/h3-7H,1H2,2H3;1H4. The molecule has 1 heteroatoms. The normalized spacial score (nSPS) is 8.42. The van der Waals surface area contributed by atoms with Crippen LogP contribution in [0.15, 0.2) is 30.8 Å². The first-order chi connectivity index (χ1) is 5.24. The SMILES string of the molecule is C.C=C(C)c1ccc(C=O)cc1. The van der Waals surface area contributed by atoms with Crippen molar-refractivity contribution in [2.24, 2.45) is 0 Å². The van der Waals surface area contributed by atoms with E-state index in [4.69, 9.17) is 0 Å². The number of aldehydes is 1. The molecule has 0 aliphatic heterocycles. The van der Waals surface area contributed by atoms with E-state index in [2.05, 4.69) is 6.58 Å². The molecule has 0 aliphatic carbocycles. The first-order valence-corrected chi connectivity index (χ1v) is 3.45. The van der Waals surface area contributed by atoms with Crippen LogP contribution in [0.3, 0.4) is 0 Å². The maximum atomic E-state index is 10.3. The largest absolute Gasteiger partial charge is 0.298 e. The Morgan fingerprint density at radius 3 is 2.17 bits per heavy atom. The van der Waals surface area contributed by atoms with Crippen LogP contribution in [0.2, 0.25) is 0 Å². The zero-order chi connectivity index (χ0) is 8.27. The van der Waals surface area contributed by atoms with Gasteiger partial charge in [0.15, 0.2) is 0 Å². The van der Waals surface area contributed by atoms with Crippen LogP contribution < -0.4 is 0 Å². The summed E-state index contributed by atoms with van der Waals surface area (Å²) in [5, 5.41) is 0. The van der Waals surface area contributed by atoms with Crippen molar-refractivity contribution < 1.29 is 4.79 Å². The fourth-order valence-electron chi connectivity index (χ4n) is 0.846. The molecular weight excluding hydrogens is 148 g/mol. The van der Waals surface area contributed by atoms with Crippen molar-refractivity contribution in [1.29, 1.82) is 0 Å². The van der Waals surface area contributed by atoms with E-state index in [9.17, 15) is 4.79 Å². The van der Waals surface area contributed by atoms with Gasteiger partial charge in [-0.15, -0.1) is 0 Å². The van der Waals surface area contributed by atoms with Crippen LogP contribution >= 0.6 is 0 Å². The zero-order valence-corrected chi connectivity index (χ0v) is 6.50. The molecule has 0 amide bonds. The lowest BCUT2D eigenvalue weighted by molar-refractivity contribution is 0.112. The summed E-state index contributed by atoms with van der Waals surface area (Å²) < 4.78 is 0. The number of carbonyl (C=O) groups excluding carboxylic acids is 1.